The minimum absolute atomic E-state index is 0.0379. The van der Waals surface area contributed by atoms with Gasteiger partial charge in [-0.05, 0) is 74.4 Å². The highest BCUT2D eigenvalue weighted by atomic mass is 16.7. The minimum Gasteiger partial charge on any atom is -0.478 e. The summed E-state index contributed by atoms with van der Waals surface area (Å²) in [5.74, 6) is -2.18. The number of allylic oxidation sites excluding steroid dienone is 2. The Labute approximate surface area is 249 Å². The molecule has 0 saturated heterocycles. The van der Waals surface area contributed by atoms with Crippen LogP contribution < -0.4 is 5.32 Å². The second-order valence-electron chi connectivity index (χ2n) is 9.76. The summed E-state index contributed by atoms with van der Waals surface area (Å²) in [6.45, 7) is 3.51. The molecule has 0 saturated carbocycles. The molecule has 11 nitrogen and oxygen atoms in total. The number of carboxylic acid groups (broad SMARTS) is 1. The number of ether oxygens (including phenoxy) is 4. The number of carboxylic acids is 1. The quantitative estimate of drug-likeness (QED) is 0.193. The van der Waals surface area contributed by atoms with E-state index in [-0.39, 0.29) is 35.9 Å². The molecule has 0 bridgehead atoms. The molecule has 3 heterocycles. The Morgan fingerprint density at radius 3 is 1.74 bits per heavy atom. The smallest absolute Gasteiger partial charge is 0.478 e. The van der Waals surface area contributed by atoms with E-state index in [2.05, 4.69) is 15.3 Å². The first-order valence-electron chi connectivity index (χ1n) is 13.8. The Bertz CT molecular complexity index is 1410. The number of nitrogens with one attached hydrogen (secondary N) is 1. The number of benzene rings is 1. The number of hydrogen-bond donors (Lipinski definition) is 2. The molecule has 4 rings (SSSR count). The summed E-state index contributed by atoms with van der Waals surface area (Å²) in [4.78, 5) is 45.8. The number of nitrogens with zero attached hydrogens (tertiary/aromatic N) is 2. The van der Waals surface area contributed by atoms with Crippen LogP contribution in [0.25, 0.3) is 0 Å². The zero-order chi connectivity index (χ0) is 30.6. The summed E-state index contributed by atoms with van der Waals surface area (Å²) in [5.41, 5.74) is 3.07. The summed E-state index contributed by atoms with van der Waals surface area (Å²) < 4.78 is 21.9. The minimum atomic E-state index is -1.20. The topological polar surface area (TPSA) is 146 Å². The molecule has 3 aromatic rings. The highest BCUT2D eigenvalue weighted by molar-refractivity contribution is 5.90. The van der Waals surface area contributed by atoms with E-state index in [1.807, 2.05) is 24.3 Å². The molecule has 0 unspecified atom stereocenters. The standard InChI is InChI=1S/C32H33N3O8/c1-21-28(42-31(38)40-17-7-11-23-9-5-15-33-19-23)27(25-13-3-4-14-26(25)30(36)37)29(22(2)35-21)43-32(39)41-18-8-12-24-10-6-16-34-20-24/h3-6,9-10,13-16,19-20,27,35H,7-8,11-12,17-18H2,1-2H3,(H,36,37). The number of pyridine rings is 2. The Balaban J connectivity index is 1.47. The highest BCUT2D eigenvalue weighted by Crippen LogP contribution is 2.41. The average Bonchev–Trinajstić information content (AvgIpc) is 3.01. The molecule has 0 atom stereocenters. The van der Waals surface area contributed by atoms with Crippen molar-refractivity contribution in [2.45, 2.75) is 45.4 Å². The van der Waals surface area contributed by atoms with Crippen LogP contribution in [-0.2, 0) is 31.8 Å². The molecule has 1 aliphatic heterocycles. The van der Waals surface area contributed by atoms with Gasteiger partial charge in [0.1, 0.15) is 17.4 Å². The van der Waals surface area contributed by atoms with Crippen molar-refractivity contribution in [1.29, 1.82) is 0 Å². The summed E-state index contributed by atoms with van der Waals surface area (Å²) in [5, 5.41) is 13.0. The maximum absolute atomic E-state index is 12.8. The van der Waals surface area contributed by atoms with Gasteiger partial charge in [-0.2, -0.15) is 0 Å². The van der Waals surface area contributed by atoms with Gasteiger partial charge in [0.2, 0.25) is 0 Å². The van der Waals surface area contributed by atoms with Crippen molar-refractivity contribution in [2.75, 3.05) is 13.2 Å². The molecule has 2 N–H and O–H groups in total. The van der Waals surface area contributed by atoms with E-state index in [0.717, 1.165) is 11.1 Å². The summed E-state index contributed by atoms with van der Waals surface area (Å²) in [6, 6.07) is 13.8. The van der Waals surface area contributed by atoms with Crippen molar-refractivity contribution < 1.29 is 38.4 Å². The van der Waals surface area contributed by atoms with E-state index < -0.39 is 24.2 Å². The number of aryl methyl sites for hydroxylation is 2. The number of aromatic carboxylic acids is 1. The lowest BCUT2D eigenvalue weighted by atomic mass is 9.87. The second kappa shape index (κ2) is 15.2. The Kier molecular flexibility index (Phi) is 10.8. The van der Waals surface area contributed by atoms with Crippen molar-refractivity contribution in [2.24, 2.45) is 0 Å². The number of aromatic nitrogens is 2. The first-order valence-corrected chi connectivity index (χ1v) is 13.8. The fourth-order valence-corrected chi connectivity index (χ4v) is 4.65. The van der Waals surface area contributed by atoms with Gasteiger partial charge in [0.15, 0.2) is 0 Å². The molecule has 2 aromatic heterocycles. The molecule has 0 aliphatic carbocycles. The van der Waals surface area contributed by atoms with Gasteiger partial charge in [-0.1, -0.05) is 30.3 Å². The lowest BCUT2D eigenvalue weighted by Crippen LogP contribution is -2.30. The van der Waals surface area contributed by atoms with Crippen molar-refractivity contribution in [1.82, 2.24) is 15.3 Å². The SMILES string of the molecule is CC1=C(OC(=O)OCCCc2cccnc2)C(c2ccccc2C(=O)O)C(OC(=O)OCCCc2cccnc2)=C(C)N1. The zero-order valence-corrected chi connectivity index (χ0v) is 23.9. The maximum Gasteiger partial charge on any atom is 0.513 e. The van der Waals surface area contributed by atoms with Gasteiger partial charge in [-0.3, -0.25) is 9.97 Å². The van der Waals surface area contributed by atoms with Crippen LogP contribution >= 0.6 is 0 Å². The molecular weight excluding hydrogens is 554 g/mol. The second-order valence-corrected chi connectivity index (χ2v) is 9.76. The van der Waals surface area contributed by atoms with Crippen LogP contribution in [0.5, 0.6) is 0 Å². The van der Waals surface area contributed by atoms with Crippen molar-refractivity contribution in [3.8, 4) is 0 Å². The molecule has 0 spiro atoms. The van der Waals surface area contributed by atoms with Crippen molar-refractivity contribution in [3.63, 3.8) is 0 Å². The third-order valence-electron chi connectivity index (χ3n) is 6.63. The van der Waals surface area contributed by atoms with Gasteiger partial charge in [-0.15, -0.1) is 0 Å². The molecule has 1 aliphatic rings. The van der Waals surface area contributed by atoms with Crippen LogP contribution in [-0.4, -0.2) is 46.6 Å². The highest BCUT2D eigenvalue weighted by Gasteiger charge is 2.37. The third-order valence-corrected chi connectivity index (χ3v) is 6.63. The predicted molar refractivity (Wildman–Crippen MR) is 155 cm³/mol. The number of dihydropyridines is 1. The molecule has 11 heteroatoms. The van der Waals surface area contributed by atoms with E-state index in [0.29, 0.717) is 37.1 Å². The zero-order valence-electron chi connectivity index (χ0n) is 23.9. The first kappa shape index (κ1) is 30.8. The van der Waals surface area contributed by atoms with Crippen molar-refractivity contribution >= 4 is 18.3 Å². The predicted octanol–water partition coefficient (Wildman–Crippen LogP) is 5.90. The van der Waals surface area contributed by atoms with Crippen LogP contribution in [0.1, 0.15) is 59.7 Å². The summed E-state index contributed by atoms with van der Waals surface area (Å²) in [7, 11) is 0. The Morgan fingerprint density at radius 1 is 0.767 bits per heavy atom. The van der Waals surface area contributed by atoms with Crippen LogP contribution in [0, 0.1) is 0 Å². The lowest BCUT2D eigenvalue weighted by molar-refractivity contribution is 0.0601. The molecule has 0 amide bonds. The van der Waals surface area contributed by atoms with E-state index >= 15 is 0 Å². The third kappa shape index (κ3) is 8.65. The van der Waals surface area contributed by atoms with Crippen LogP contribution in [0.4, 0.5) is 9.59 Å². The van der Waals surface area contributed by atoms with Gasteiger partial charge in [0, 0.05) is 24.8 Å². The van der Waals surface area contributed by atoms with Gasteiger partial charge in [0.25, 0.3) is 0 Å². The van der Waals surface area contributed by atoms with Gasteiger partial charge in [0.05, 0.1) is 30.2 Å². The summed E-state index contributed by atoms with van der Waals surface area (Å²) in [6.07, 6.45) is 7.30. The average molecular weight is 588 g/mol. The number of rotatable bonds is 12. The van der Waals surface area contributed by atoms with E-state index in [1.165, 1.54) is 6.07 Å². The van der Waals surface area contributed by atoms with Crippen LogP contribution in [0.15, 0.2) is 96.2 Å². The fourth-order valence-electron chi connectivity index (χ4n) is 4.65. The van der Waals surface area contributed by atoms with E-state index in [4.69, 9.17) is 18.9 Å². The summed E-state index contributed by atoms with van der Waals surface area (Å²) >= 11 is 0. The molecule has 1 aromatic carbocycles. The first-order chi connectivity index (χ1) is 20.8. The molecule has 43 heavy (non-hydrogen) atoms. The Morgan fingerprint density at radius 2 is 1.28 bits per heavy atom. The van der Waals surface area contributed by atoms with Crippen molar-refractivity contribution in [3.05, 3.63) is 118 Å². The number of hydrogen-bond acceptors (Lipinski definition) is 10. The monoisotopic (exact) mass is 587 g/mol. The number of carbonyl (C=O) groups is 3. The Hall–Kier alpha value is -5.19. The molecule has 0 radical (unpaired) electrons. The van der Waals surface area contributed by atoms with Crippen LogP contribution in [0.2, 0.25) is 0 Å². The van der Waals surface area contributed by atoms with Gasteiger partial charge in [-0.25, -0.2) is 14.4 Å². The fraction of sp³-hybridized carbons (Fsp3) is 0.281. The lowest BCUT2D eigenvalue weighted by Gasteiger charge is -2.30. The molecule has 0 fully saturated rings. The van der Waals surface area contributed by atoms with Gasteiger partial charge < -0.3 is 29.4 Å². The normalized spacial score (nSPS) is 13.3. The molecular formula is C32H33N3O8. The van der Waals surface area contributed by atoms with Crippen LogP contribution in [0.3, 0.4) is 0 Å². The number of carbonyl (C=O) groups excluding carboxylic acids is 2. The molecule has 224 valence electrons. The van der Waals surface area contributed by atoms with Gasteiger partial charge >= 0.3 is 18.3 Å². The largest absolute Gasteiger partial charge is 0.513 e. The maximum atomic E-state index is 12.8. The van der Waals surface area contributed by atoms with E-state index in [9.17, 15) is 19.5 Å². The van der Waals surface area contributed by atoms with E-state index in [1.54, 1.807) is 56.8 Å².